The summed E-state index contributed by atoms with van der Waals surface area (Å²) < 4.78 is 18.9. The summed E-state index contributed by atoms with van der Waals surface area (Å²) in [5, 5.41) is 0. The van der Waals surface area contributed by atoms with Crippen molar-refractivity contribution in [2.24, 2.45) is 0 Å². The predicted octanol–water partition coefficient (Wildman–Crippen LogP) is 0.748. The van der Waals surface area contributed by atoms with Crippen molar-refractivity contribution in [1.82, 2.24) is 0 Å². The summed E-state index contributed by atoms with van der Waals surface area (Å²) in [5.74, 6) is -0.0723. The van der Waals surface area contributed by atoms with Crippen LogP contribution in [0, 0.1) is 0 Å². The summed E-state index contributed by atoms with van der Waals surface area (Å²) >= 11 is 1.22. The zero-order chi connectivity index (χ0) is 11.3. The van der Waals surface area contributed by atoms with E-state index >= 15 is 0 Å². The zero-order valence-electron chi connectivity index (χ0n) is 8.43. The highest BCUT2D eigenvalue weighted by atomic mass is 32.2. The van der Waals surface area contributed by atoms with Crippen molar-refractivity contribution in [3.8, 4) is 0 Å². The highest BCUT2D eigenvalue weighted by Gasteiger charge is 2.34. The highest BCUT2D eigenvalue weighted by Crippen LogP contribution is 2.26. The second-order valence-corrected chi connectivity index (χ2v) is 3.65. The van der Waals surface area contributed by atoms with Gasteiger partial charge in [0.15, 0.2) is 0 Å². The summed E-state index contributed by atoms with van der Waals surface area (Å²) in [6.07, 6.45) is -1.58. The summed E-state index contributed by atoms with van der Waals surface area (Å²) in [6, 6.07) is 0. The molecule has 0 saturated carbocycles. The SMILES string of the molecule is CCOC(=O)[C@H]1O[C@@H](OC(=O)OC)CS1. The maximum Gasteiger partial charge on any atom is 0.510 e. The van der Waals surface area contributed by atoms with Crippen LogP contribution in [-0.4, -0.2) is 43.3 Å². The summed E-state index contributed by atoms with van der Waals surface area (Å²) in [4.78, 5) is 21.9. The molecular formula is C8H12O6S. The van der Waals surface area contributed by atoms with E-state index in [1.807, 2.05) is 0 Å². The lowest BCUT2D eigenvalue weighted by Crippen LogP contribution is -2.25. The number of methoxy groups -OCH3 is 1. The number of thioether (sulfide) groups is 1. The van der Waals surface area contributed by atoms with Crippen LogP contribution in [0.15, 0.2) is 0 Å². The predicted molar refractivity (Wildman–Crippen MR) is 51.2 cm³/mol. The van der Waals surface area contributed by atoms with E-state index in [1.54, 1.807) is 6.92 Å². The Bertz CT molecular complexity index is 243. The number of ether oxygens (including phenoxy) is 4. The van der Waals surface area contributed by atoms with Gasteiger partial charge in [-0.15, -0.1) is 11.8 Å². The first-order chi connectivity index (χ1) is 7.17. The monoisotopic (exact) mass is 236 g/mol. The van der Waals surface area contributed by atoms with Crippen molar-refractivity contribution in [3.63, 3.8) is 0 Å². The normalized spacial score (nSPS) is 24.7. The van der Waals surface area contributed by atoms with Gasteiger partial charge in [-0.25, -0.2) is 9.59 Å². The average molecular weight is 236 g/mol. The molecular weight excluding hydrogens is 224 g/mol. The minimum absolute atomic E-state index is 0.293. The molecule has 0 aromatic heterocycles. The molecule has 15 heavy (non-hydrogen) atoms. The van der Waals surface area contributed by atoms with Crippen LogP contribution in [0.25, 0.3) is 0 Å². The van der Waals surface area contributed by atoms with Crippen molar-refractivity contribution in [2.75, 3.05) is 19.5 Å². The maximum atomic E-state index is 11.2. The van der Waals surface area contributed by atoms with Gasteiger partial charge < -0.3 is 18.9 Å². The van der Waals surface area contributed by atoms with Crippen LogP contribution in [0.3, 0.4) is 0 Å². The van der Waals surface area contributed by atoms with Crippen molar-refractivity contribution in [1.29, 1.82) is 0 Å². The zero-order valence-corrected chi connectivity index (χ0v) is 9.24. The lowest BCUT2D eigenvalue weighted by atomic mass is 10.7. The number of hydrogen-bond donors (Lipinski definition) is 0. The average Bonchev–Trinajstić information content (AvgIpc) is 2.66. The van der Waals surface area contributed by atoms with Gasteiger partial charge in [0.1, 0.15) is 0 Å². The third kappa shape index (κ3) is 3.60. The number of esters is 1. The van der Waals surface area contributed by atoms with E-state index in [-0.39, 0.29) is 0 Å². The van der Waals surface area contributed by atoms with Crippen LogP contribution in [0.1, 0.15) is 6.92 Å². The Balaban J connectivity index is 2.32. The molecule has 1 saturated heterocycles. The van der Waals surface area contributed by atoms with Crippen LogP contribution in [0.5, 0.6) is 0 Å². The molecule has 0 bridgehead atoms. The van der Waals surface area contributed by atoms with Crippen molar-refractivity contribution in [2.45, 2.75) is 18.6 Å². The Morgan fingerprint density at radius 1 is 1.53 bits per heavy atom. The number of carbonyl (C=O) groups is 2. The van der Waals surface area contributed by atoms with Gasteiger partial charge in [0.2, 0.25) is 11.7 Å². The maximum absolute atomic E-state index is 11.2. The van der Waals surface area contributed by atoms with Gasteiger partial charge in [0.25, 0.3) is 0 Å². The third-order valence-electron chi connectivity index (χ3n) is 1.53. The fraction of sp³-hybridized carbons (Fsp3) is 0.750. The molecule has 1 aliphatic rings. The molecule has 0 radical (unpaired) electrons. The van der Waals surface area contributed by atoms with Crippen molar-refractivity contribution in [3.05, 3.63) is 0 Å². The van der Waals surface area contributed by atoms with Gasteiger partial charge in [-0.3, -0.25) is 0 Å². The topological polar surface area (TPSA) is 71.1 Å². The fourth-order valence-electron chi connectivity index (χ4n) is 0.934. The van der Waals surface area contributed by atoms with E-state index in [0.29, 0.717) is 12.4 Å². The minimum atomic E-state index is -0.829. The first-order valence-electron chi connectivity index (χ1n) is 4.35. The fourth-order valence-corrected chi connectivity index (χ4v) is 1.82. The molecule has 0 aliphatic carbocycles. The van der Waals surface area contributed by atoms with Gasteiger partial charge >= 0.3 is 12.1 Å². The minimum Gasteiger partial charge on any atom is -0.463 e. The summed E-state index contributed by atoms with van der Waals surface area (Å²) in [6.45, 7) is 2.00. The van der Waals surface area contributed by atoms with Gasteiger partial charge in [0, 0.05) is 0 Å². The second-order valence-electron chi connectivity index (χ2n) is 2.55. The van der Waals surface area contributed by atoms with Gasteiger partial charge in [-0.2, -0.15) is 0 Å². The molecule has 7 heteroatoms. The molecule has 1 rings (SSSR count). The lowest BCUT2D eigenvalue weighted by molar-refractivity contribution is -0.162. The summed E-state index contributed by atoms with van der Waals surface area (Å²) in [7, 11) is 1.20. The molecule has 1 fully saturated rings. The molecule has 6 nitrogen and oxygen atoms in total. The van der Waals surface area contributed by atoms with Crippen molar-refractivity contribution >= 4 is 23.9 Å². The molecule has 0 unspecified atom stereocenters. The number of carbonyl (C=O) groups excluding carboxylic acids is 2. The van der Waals surface area contributed by atoms with Gasteiger partial charge in [0.05, 0.1) is 19.5 Å². The molecule has 1 aliphatic heterocycles. The first-order valence-corrected chi connectivity index (χ1v) is 5.40. The Morgan fingerprint density at radius 3 is 2.87 bits per heavy atom. The Hall–Kier alpha value is -0.950. The Kier molecular flexibility index (Phi) is 4.70. The Morgan fingerprint density at radius 2 is 2.27 bits per heavy atom. The van der Waals surface area contributed by atoms with E-state index < -0.39 is 23.9 Å². The molecule has 2 atom stereocenters. The van der Waals surface area contributed by atoms with E-state index in [9.17, 15) is 9.59 Å². The Labute approximate surface area is 91.2 Å². The smallest absolute Gasteiger partial charge is 0.463 e. The highest BCUT2D eigenvalue weighted by molar-refractivity contribution is 8.00. The van der Waals surface area contributed by atoms with Crippen LogP contribution >= 0.6 is 11.8 Å². The molecule has 86 valence electrons. The van der Waals surface area contributed by atoms with Crippen LogP contribution in [0.4, 0.5) is 4.79 Å². The van der Waals surface area contributed by atoms with Crippen LogP contribution in [-0.2, 0) is 23.7 Å². The number of hydrogen-bond acceptors (Lipinski definition) is 7. The van der Waals surface area contributed by atoms with Crippen LogP contribution < -0.4 is 0 Å². The first kappa shape index (κ1) is 12.1. The van der Waals surface area contributed by atoms with E-state index in [1.165, 1.54) is 18.9 Å². The van der Waals surface area contributed by atoms with E-state index in [2.05, 4.69) is 4.74 Å². The number of rotatable bonds is 3. The quantitative estimate of drug-likeness (QED) is 0.669. The molecule has 0 aromatic carbocycles. The molecule has 0 aromatic rings. The van der Waals surface area contributed by atoms with Crippen molar-refractivity contribution < 1.29 is 28.5 Å². The summed E-state index contributed by atoms with van der Waals surface area (Å²) in [5.41, 5.74) is -0.723. The van der Waals surface area contributed by atoms with Gasteiger partial charge in [-0.05, 0) is 6.92 Å². The molecule has 0 N–H and O–H groups in total. The molecule has 0 spiro atoms. The molecule has 0 amide bonds. The van der Waals surface area contributed by atoms with Gasteiger partial charge in [-0.1, -0.05) is 0 Å². The van der Waals surface area contributed by atoms with E-state index in [0.717, 1.165) is 0 Å². The molecule has 1 heterocycles. The lowest BCUT2D eigenvalue weighted by Gasteiger charge is -2.11. The largest absolute Gasteiger partial charge is 0.510 e. The van der Waals surface area contributed by atoms with E-state index in [4.69, 9.17) is 14.2 Å². The van der Waals surface area contributed by atoms with Crippen LogP contribution in [0.2, 0.25) is 0 Å². The standard InChI is InChI=1S/C8H12O6S/c1-3-12-6(9)7-13-5(4-15-7)14-8(10)11-2/h5,7H,3-4H2,1-2H3/t5-,7-/m0/s1. The third-order valence-corrected chi connectivity index (χ3v) is 2.60. The second kappa shape index (κ2) is 5.82.